The Balaban J connectivity index is 0.000001000. The van der Waals surface area contributed by atoms with Crippen LogP contribution in [0.2, 0.25) is 0 Å². The van der Waals surface area contributed by atoms with Gasteiger partial charge in [-0.2, -0.15) is 0 Å². The highest BCUT2D eigenvalue weighted by atomic mass is 14.1. The van der Waals surface area contributed by atoms with Crippen LogP contribution in [0.3, 0.4) is 0 Å². The van der Waals surface area contributed by atoms with E-state index in [1.807, 2.05) is 6.08 Å². The lowest BCUT2D eigenvalue weighted by Crippen LogP contribution is -1.73. The van der Waals surface area contributed by atoms with Crippen LogP contribution in [0.4, 0.5) is 0 Å². The Morgan fingerprint density at radius 3 is 2.45 bits per heavy atom. The molecule has 0 saturated heterocycles. The summed E-state index contributed by atoms with van der Waals surface area (Å²) in [7, 11) is 0. The third-order valence-electron chi connectivity index (χ3n) is 1.92. The molecule has 62 valence electrons. The Labute approximate surface area is 70.3 Å². The molecule has 0 saturated carbocycles. The van der Waals surface area contributed by atoms with Crippen LogP contribution < -0.4 is 0 Å². The zero-order chi connectivity index (χ0) is 7.40. The standard InChI is InChI=1S/C10H14.CH4/c1-3-6-10-8-5-7-9(10)4-2;/h3-4,6H,2,5,7-8H2,1H3;1H4/b6-3-;. The molecule has 0 heterocycles. The first-order valence-corrected chi connectivity index (χ1v) is 3.85. The molecule has 0 aliphatic heterocycles. The monoisotopic (exact) mass is 150 g/mol. The summed E-state index contributed by atoms with van der Waals surface area (Å²) >= 11 is 0. The predicted molar refractivity (Wildman–Crippen MR) is 52.6 cm³/mol. The third-order valence-corrected chi connectivity index (χ3v) is 1.92. The summed E-state index contributed by atoms with van der Waals surface area (Å²) in [6.45, 7) is 5.84. The number of hydrogen-bond donors (Lipinski definition) is 0. The molecule has 1 aliphatic carbocycles. The molecular formula is C11H18. The van der Waals surface area contributed by atoms with Gasteiger partial charge >= 0.3 is 0 Å². The fraction of sp³-hybridized carbons (Fsp3) is 0.455. The van der Waals surface area contributed by atoms with Crippen LogP contribution in [0.5, 0.6) is 0 Å². The Kier molecular flexibility index (Phi) is 4.60. The van der Waals surface area contributed by atoms with Crippen LogP contribution in [0, 0.1) is 0 Å². The number of allylic oxidation sites excluding steroid dienone is 5. The van der Waals surface area contributed by atoms with Crippen LogP contribution >= 0.6 is 0 Å². The SMILES string of the molecule is C.C=CC1=C(/C=C\C)CCC1. The van der Waals surface area contributed by atoms with Crippen LogP contribution in [-0.4, -0.2) is 0 Å². The lowest BCUT2D eigenvalue weighted by molar-refractivity contribution is 0.906. The predicted octanol–water partition coefficient (Wildman–Crippen LogP) is 3.87. The third kappa shape index (κ3) is 2.38. The van der Waals surface area contributed by atoms with Crippen molar-refractivity contribution in [3.8, 4) is 0 Å². The van der Waals surface area contributed by atoms with Gasteiger partial charge in [0.1, 0.15) is 0 Å². The highest BCUT2D eigenvalue weighted by Crippen LogP contribution is 2.27. The van der Waals surface area contributed by atoms with Crippen molar-refractivity contribution in [2.24, 2.45) is 0 Å². The van der Waals surface area contributed by atoms with E-state index in [2.05, 4.69) is 25.7 Å². The van der Waals surface area contributed by atoms with E-state index in [4.69, 9.17) is 0 Å². The average Bonchev–Trinajstić information content (AvgIpc) is 2.36. The molecule has 0 spiro atoms. The summed E-state index contributed by atoms with van der Waals surface area (Å²) in [5.41, 5.74) is 2.93. The van der Waals surface area contributed by atoms with E-state index in [0.717, 1.165) is 0 Å². The van der Waals surface area contributed by atoms with Crippen LogP contribution in [0.1, 0.15) is 33.6 Å². The van der Waals surface area contributed by atoms with E-state index in [1.165, 1.54) is 30.4 Å². The molecular weight excluding hydrogens is 132 g/mol. The van der Waals surface area contributed by atoms with Gasteiger partial charge in [-0.05, 0) is 37.3 Å². The fourth-order valence-corrected chi connectivity index (χ4v) is 1.42. The van der Waals surface area contributed by atoms with Crippen molar-refractivity contribution in [3.63, 3.8) is 0 Å². The minimum absolute atomic E-state index is 0. The van der Waals surface area contributed by atoms with Crippen molar-refractivity contribution in [1.29, 1.82) is 0 Å². The largest absolute Gasteiger partial charge is 0.0988 e. The Hall–Kier alpha value is -0.780. The van der Waals surface area contributed by atoms with E-state index in [0.29, 0.717) is 0 Å². The second-order valence-electron chi connectivity index (χ2n) is 2.61. The molecule has 0 amide bonds. The number of rotatable bonds is 2. The summed E-state index contributed by atoms with van der Waals surface area (Å²) in [5, 5.41) is 0. The molecule has 0 unspecified atom stereocenters. The molecule has 0 nitrogen and oxygen atoms in total. The lowest BCUT2D eigenvalue weighted by atomic mass is 10.1. The summed E-state index contributed by atoms with van der Waals surface area (Å²) in [5.74, 6) is 0. The Morgan fingerprint density at radius 2 is 1.91 bits per heavy atom. The van der Waals surface area contributed by atoms with Crippen molar-refractivity contribution in [2.75, 3.05) is 0 Å². The topological polar surface area (TPSA) is 0 Å². The van der Waals surface area contributed by atoms with Crippen LogP contribution in [-0.2, 0) is 0 Å². The minimum atomic E-state index is 0. The molecule has 11 heavy (non-hydrogen) atoms. The van der Waals surface area contributed by atoms with Gasteiger partial charge in [0, 0.05) is 0 Å². The van der Waals surface area contributed by atoms with Gasteiger partial charge < -0.3 is 0 Å². The first kappa shape index (κ1) is 10.2. The van der Waals surface area contributed by atoms with Crippen molar-refractivity contribution in [1.82, 2.24) is 0 Å². The zero-order valence-electron chi connectivity index (χ0n) is 6.56. The first-order valence-electron chi connectivity index (χ1n) is 3.85. The normalized spacial score (nSPS) is 17.2. The van der Waals surface area contributed by atoms with Gasteiger partial charge in [-0.15, -0.1) is 0 Å². The molecule has 0 aromatic carbocycles. The molecule has 0 atom stereocenters. The summed E-state index contributed by atoms with van der Waals surface area (Å²) < 4.78 is 0. The average molecular weight is 150 g/mol. The molecule has 0 bridgehead atoms. The summed E-state index contributed by atoms with van der Waals surface area (Å²) in [6, 6.07) is 0. The van der Waals surface area contributed by atoms with Gasteiger partial charge in [-0.1, -0.05) is 32.2 Å². The Morgan fingerprint density at radius 1 is 1.27 bits per heavy atom. The van der Waals surface area contributed by atoms with Crippen LogP contribution in [0.15, 0.2) is 36.0 Å². The second kappa shape index (κ2) is 4.95. The van der Waals surface area contributed by atoms with E-state index >= 15 is 0 Å². The molecule has 0 aromatic rings. The van der Waals surface area contributed by atoms with Crippen molar-refractivity contribution >= 4 is 0 Å². The fourth-order valence-electron chi connectivity index (χ4n) is 1.42. The van der Waals surface area contributed by atoms with Gasteiger partial charge in [0.15, 0.2) is 0 Å². The van der Waals surface area contributed by atoms with E-state index in [1.54, 1.807) is 0 Å². The van der Waals surface area contributed by atoms with Gasteiger partial charge in [-0.3, -0.25) is 0 Å². The highest BCUT2D eigenvalue weighted by Gasteiger charge is 2.07. The van der Waals surface area contributed by atoms with E-state index < -0.39 is 0 Å². The molecule has 0 radical (unpaired) electrons. The van der Waals surface area contributed by atoms with E-state index in [-0.39, 0.29) is 7.43 Å². The van der Waals surface area contributed by atoms with Crippen molar-refractivity contribution in [3.05, 3.63) is 36.0 Å². The minimum Gasteiger partial charge on any atom is -0.0988 e. The summed E-state index contributed by atoms with van der Waals surface area (Å²) in [4.78, 5) is 0. The second-order valence-corrected chi connectivity index (χ2v) is 2.61. The Bertz CT molecular complexity index is 182. The number of hydrogen-bond acceptors (Lipinski definition) is 0. The van der Waals surface area contributed by atoms with Crippen molar-refractivity contribution < 1.29 is 0 Å². The maximum Gasteiger partial charge on any atom is -0.0273 e. The highest BCUT2D eigenvalue weighted by molar-refractivity contribution is 5.35. The molecule has 0 aromatic heterocycles. The zero-order valence-corrected chi connectivity index (χ0v) is 6.56. The molecule has 0 fully saturated rings. The van der Waals surface area contributed by atoms with Crippen LogP contribution in [0.25, 0.3) is 0 Å². The van der Waals surface area contributed by atoms with Gasteiger partial charge in [0.05, 0.1) is 0 Å². The van der Waals surface area contributed by atoms with Gasteiger partial charge in [-0.25, -0.2) is 0 Å². The maximum absolute atomic E-state index is 3.78. The maximum atomic E-state index is 3.78. The summed E-state index contributed by atoms with van der Waals surface area (Å²) in [6.07, 6.45) is 10.1. The molecule has 0 N–H and O–H groups in total. The smallest absolute Gasteiger partial charge is 0.0273 e. The van der Waals surface area contributed by atoms with Gasteiger partial charge in [0.2, 0.25) is 0 Å². The molecule has 1 aliphatic rings. The first-order chi connectivity index (χ1) is 4.88. The molecule has 0 heteroatoms. The lowest BCUT2D eigenvalue weighted by Gasteiger charge is -1.93. The van der Waals surface area contributed by atoms with Crippen molar-refractivity contribution in [2.45, 2.75) is 33.6 Å². The quantitative estimate of drug-likeness (QED) is 0.560. The van der Waals surface area contributed by atoms with E-state index in [9.17, 15) is 0 Å². The van der Waals surface area contributed by atoms with Gasteiger partial charge in [0.25, 0.3) is 0 Å². The molecule has 1 rings (SSSR count).